The van der Waals surface area contributed by atoms with Crippen LogP contribution in [0.4, 0.5) is 0 Å². The number of methoxy groups -OCH3 is 2. The molecular weight excluding hydrogens is 200 g/mol. The Hall–Kier alpha value is -0.200. The Morgan fingerprint density at radius 2 is 1.67 bits per heavy atom. The number of ether oxygens (including phenoxy) is 5. The van der Waals surface area contributed by atoms with Crippen LogP contribution in [0.3, 0.4) is 0 Å². The molecule has 0 aromatic heterocycles. The monoisotopic (exact) mass is 220 g/mol. The minimum absolute atomic E-state index is 0.216. The van der Waals surface area contributed by atoms with Gasteiger partial charge in [0, 0.05) is 14.2 Å². The molecule has 1 fully saturated rings. The highest BCUT2D eigenvalue weighted by Crippen LogP contribution is 2.20. The maximum absolute atomic E-state index is 5.44. The second-order valence-electron chi connectivity index (χ2n) is 3.54. The third-order valence-corrected chi connectivity index (χ3v) is 2.33. The molecule has 0 saturated carbocycles. The van der Waals surface area contributed by atoms with Gasteiger partial charge in [-0.25, -0.2) is 0 Å². The molecule has 5 heteroatoms. The lowest BCUT2D eigenvalue weighted by Crippen LogP contribution is -2.54. The first-order valence-corrected chi connectivity index (χ1v) is 5.10. The molecule has 1 heterocycles. The Bertz CT molecular complexity index is 152. The SMILES string of the molecule is COCCOCCOCC1(OC)COC1. The zero-order chi connectivity index (χ0) is 11.0. The summed E-state index contributed by atoms with van der Waals surface area (Å²) in [6.45, 7) is 4.20. The predicted molar refractivity (Wildman–Crippen MR) is 54.1 cm³/mol. The van der Waals surface area contributed by atoms with E-state index in [1.807, 2.05) is 0 Å². The minimum Gasteiger partial charge on any atom is -0.382 e. The topological polar surface area (TPSA) is 46.2 Å². The van der Waals surface area contributed by atoms with Crippen molar-refractivity contribution in [3.63, 3.8) is 0 Å². The molecule has 0 spiro atoms. The molecule has 0 amide bonds. The van der Waals surface area contributed by atoms with Gasteiger partial charge in [0.05, 0.1) is 46.2 Å². The largest absolute Gasteiger partial charge is 0.382 e. The maximum atomic E-state index is 5.44. The van der Waals surface area contributed by atoms with Crippen LogP contribution in [0.1, 0.15) is 0 Å². The summed E-state index contributed by atoms with van der Waals surface area (Å²) in [5.41, 5.74) is -0.216. The Morgan fingerprint density at radius 1 is 1.00 bits per heavy atom. The fourth-order valence-electron chi connectivity index (χ4n) is 1.21. The van der Waals surface area contributed by atoms with Crippen molar-refractivity contribution < 1.29 is 23.7 Å². The van der Waals surface area contributed by atoms with Crippen LogP contribution >= 0.6 is 0 Å². The van der Waals surface area contributed by atoms with Gasteiger partial charge in [-0.15, -0.1) is 0 Å². The summed E-state index contributed by atoms with van der Waals surface area (Å²) in [7, 11) is 3.33. The molecule has 0 aliphatic carbocycles. The molecule has 1 aliphatic heterocycles. The van der Waals surface area contributed by atoms with Crippen LogP contribution in [0.15, 0.2) is 0 Å². The van der Waals surface area contributed by atoms with Gasteiger partial charge in [0.25, 0.3) is 0 Å². The van der Waals surface area contributed by atoms with Gasteiger partial charge in [-0.05, 0) is 0 Å². The van der Waals surface area contributed by atoms with E-state index in [-0.39, 0.29) is 5.60 Å². The highest BCUT2D eigenvalue weighted by molar-refractivity contribution is 4.86. The molecule has 0 bridgehead atoms. The smallest absolute Gasteiger partial charge is 0.137 e. The summed E-state index contributed by atoms with van der Waals surface area (Å²) in [6.07, 6.45) is 0. The molecule has 1 saturated heterocycles. The van der Waals surface area contributed by atoms with Crippen LogP contribution in [-0.4, -0.2) is 66.1 Å². The molecule has 0 atom stereocenters. The molecule has 0 radical (unpaired) electrons. The van der Waals surface area contributed by atoms with Crippen LogP contribution in [0.2, 0.25) is 0 Å². The highest BCUT2D eigenvalue weighted by atomic mass is 16.6. The van der Waals surface area contributed by atoms with Gasteiger partial charge in [0.1, 0.15) is 5.60 Å². The molecule has 15 heavy (non-hydrogen) atoms. The molecule has 0 aromatic carbocycles. The van der Waals surface area contributed by atoms with E-state index < -0.39 is 0 Å². The first-order chi connectivity index (χ1) is 7.33. The lowest BCUT2D eigenvalue weighted by atomic mass is 10.0. The van der Waals surface area contributed by atoms with Gasteiger partial charge in [0.15, 0.2) is 0 Å². The third kappa shape index (κ3) is 4.44. The van der Waals surface area contributed by atoms with Crippen LogP contribution < -0.4 is 0 Å². The van der Waals surface area contributed by atoms with Crippen molar-refractivity contribution in [2.24, 2.45) is 0 Å². The zero-order valence-electron chi connectivity index (χ0n) is 9.49. The summed E-state index contributed by atoms with van der Waals surface area (Å²) < 4.78 is 25.9. The molecule has 90 valence electrons. The lowest BCUT2D eigenvalue weighted by Gasteiger charge is -2.39. The Labute approximate surface area is 90.6 Å². The average Bonchev–Trinajstić information content (AvgIpc) is 2.20. The van der Waals surface area contributed by atoms with Gasteiger partial charge in [0.2, 0.25) is 0 Å². The summed E-state index contributed by atoms with van der Waals surface area (Å²) >= 11 is 0. The van der Waals surface area contributed by atoms with Crippen molar-refractivity contribution in [2.45, 2.75) is 5.60 Å². The van der Waals surface area contributed by atoms with Crippen molar-refractivity contribution in [2.75, 3.05) is 60.5 Å². The number of hydrogen-bond acceptors (Lipinski definition) is 5. The van der Waals surface area contributed by atoms with E-state index in [0.29, 0.717) is 46.2 Å². The van der Waals surface area contributed by atoms with Gasteiger partial charge in [-0.1, -0.05) is 0 Å². The quantitative estimate of drug-likeness (QED) is 0.515. The first kappa shape index (κ1) is 12.9. The van der Waals surface area contributed by atoms with E-state index in [1.54, 1.807) is 14.2 Å². The number of rotatable bonds is 9. The maximum Gasteiger partial charge on any atom is 0.137 e. The molecular formula is C10H20O5. The normalized spacial score (nSPS) is 18.8. The molecule has 1 rings (SSSR count). The van der Waals surface area contributed by atoms with E-state index in [4.69, 9.17) is 23.7 Å². The van der Waals surface area contributed by atoms with Crippen molar-refractivity contribution in [1.29, 1.82) is 0 Å². The van der Waals surface area contributed by atoms with Gasteiger partial charge < -0.3 is 23.7 Å². The van der Waals surface area contributed by atoms with Crippen LogP contribution in [0.5, 0.6) is 0 Å². The van der Waals surface area contributed by atoms with Crippen molar-refractivity contribution in [3.8, 4) is 0 Å². The first-order valence-electron chi connectivity index (χ1n) is 5.10. The van der Waals surface area contributed by atoms with Crippen molar-refractivity contribution in [1.82, 2.24) is 0 Å². The molecule has 0 unspecified atom stereocenters. The lowest BCUT2D eigenvalue weighted by molar-refractivity contribution is -0.221. The van der Waals surface area contributed by atoms with E-state index in [0.717, 1.165) is 0 Å². The standard InChI is InChI=1S/C10H20O5/c1-11-3-4-13-5-6-14-7-10(12-2)8-15-9-10/h3-9H2,1-2H3. The molecule has 5 nitrogen and oxygen atoms in total. The fourth-order valence-corrected chi connectivity index (χ4v) is 1.21. The van der Waals surface area contributed by atoms with Crippen LogP contribution in [0, 0.1) is 0 Å². The Kier molecular flexibility index (Phi) is 6.12. The van der Waals surface area contributed by atoms with Gasteiger partial charge in [-0.3, -0.25) is 0 Å². The van der Waals surface area contributed by atoms with E-state index in [9.17, 15) is 0 Å². The second-order valence-corrected chi connectivity index (χ2v) is 3.54. The Balaban J connectivity index is 1.88. The second kappa shape index (κ2) is 7.14. The van der Waals surface area contributed by atoms with E-state index in [2.05, 4.69) is 0 Å². The van der Waals surface area contributed by atoms with E-state index >= 15 is 0 Å². The van der Waals surface area contributed by atoms with Crippen LogP contribution in [0.25, 0.3) is 0 Å². The minimum atomic E-state index is -0.216. The van der Waals surface area contributed by atoms with Crippen molar-refractivity contribution >= 4 is 0 Å². The Morgan fingerprint density at radius 3 is 2.20 bits per heavy atom. The molecule has 1 aliphatic rings. The summed E-state index contributed by atoms with van der Waals surface area (Å²) in [5, 5.41) is 0. The number of hydrogen-bond donors (Lipinski definition) is 0. The summed E-state index contributed by atoms with van der Waals surface area (Å²) in [5.74, 6) is 0. The highest BCUT2D eigenvalue weighted by Gasteiger charge is 2.38. The predicted octanol–water partition coefficient (Wildman–Crippen LogP) is 0.0814. The van der Waals surface area contributed by atoms with E-state index in [1.165, 1.54) is 0 Å². The third-order valence-electron chi connectivity index (χ3n) is 2.33. The van der Waals surface area contributed by atoms with Gasteiger partial charge in [-0.2, -0.15) is 0 Å². The fraction of sp³-hybridized carbons (Fsp3) is 1.00. The summed E-state index contributed by atoms with van der Waals surface area (Å²) in [4.78, 5) is 0. The van der Waals surface area contributed by atoms with Crippen molar-refractivity contribution in [3.05, 3.63) is 0 Å². The average molecular weight is 220 g/mol. The summed E-state index contributed by atoms with van der Waals surface area (Å²) in [6, 6.07) is 0. The molecule has 0 N–H and O–H groups in total. The van der Waals surface area contributed by atoms with Gasteiger partial charge >= 0.3 is 0 Å². The van der Waals surface area contributed by atoms with Crippen LogP contribution in [-0.2, 0) is 23.7 Å². The zero-order valence-corrected chi connectivity index (χ0v) is 9.49. The molecule has 0 aromatic rings.